The van der Waals surface area contributed by atoms with Gasteiger partial charge in [0.05, 0.1) is 0 Å². The van der Waals surface area contributed by atoms with Gasteiger partial charge in [-0.15, -0.1) is 4.57 Å². The molecular weight excluding hydrogens is 336 g/mol. The van der Waals surface area contributed by atoms with E-state index in [1.165, 1.54) is 10.1 Å². The molecule has 1 heterocycles. The second-order valence-corrected chi connectivity index (χ2v) is 7.42. The Morgan fingerprint density at radius 2 is 1.59 bits per heavy atom. The van der Waals surface area contributed by atoms with Crippen LogP contribution in [-0.2, 0) is 6.54 Å². The highest BCUT2D eigenvalue weighted by atomic mass is 16.6. The monoisotopic (exact) mass is 363 g/mol. The van der Waals surface area contributed by atoms with Crippen molar-refractivity contribution < 1.29 is 14.1 Å². The Morgan fingerprint density at radius 3 is 2.19 bits per heavy atom. The van der Waals surface area contributed by atoms with E-state index in [0.29, 0.717) is 12.3 Å². The lowest BCUT2D eigenvalue weighted by Crippen LogP contribution is -2.32. The first-order valence-corrected chi connectivity index (χ1v) is 9.41. The van der Waals surface area contributed by atoms with Crippen molar-refractivity contribution in [3.05, 3.63) is 83.9 Å². The maximum atomic E-state index is 12.8. The van der Waals surface area contributed by atoms with E-state index in [4.69, 9.17) is 4.74 Å². The summed E-state index contributed by atoms with van der Waals surface area (Å²) in [5.74, 6) is 1.24. The molecular formula is C23H27N2O2+. The summed E-state index contributed by atoms with van der Waals surface area (Å²) in [5.41, 5.74) is 3.29. The lowest BCUT2D eigenvalue weighted by Gasteiger charge is -2.17. The molecule has 0 N–H and O–H groups in total. The molecule has 1 aromatic heterocycles. The number of carbonyl (C=O) groups is 1. The Kier molecular flexibility index (Phi) is 5.75. The molecule has 0 spiro atoms. The van der Waals surface area contributed by atoms with Gasteiger partial charge in [0, 0.05) is 0 Å². The maximum absolute atomic E-state index is 12.8. The van der Waals surface area contributed by atoms with E-state index >= 15 is 0 Å². The van der Waals surface area contributed by atoms with Gasteiger partial charge < -0.3 is 4.74 Å². The number of imidazole rings is 1. The fourth-order valence-corrected chi connectivity index (χ4v) is 3.13. The zero-order valence-electron chi connectivity index (χ0n) is 16.4. The summed E-state index contributed by atoms with van der Waals surface area (Å²) < 4.78 is 9.32. The van der Waals surface area contributed by atoms with Gasteiger partial charge in [-0.3, -0.25) is 0 Å². The number of carbonyl (C=O) groups excluding carboxylic acids is 1. The molecule has 2 aromatic carbocycles. The van der Waals surface area contributed by atoms with Crippen molar-refractivity contribution in [1.29, 1.82) is 0 Å². The number of para-hydroxylation sites is 1. The van der Waals surface area contributed by atoms with Gasteiger partial charge in [-0.25, -0.2) is 4.57 Å². The summed E-state index contributed by atoms with van der Waals surface area (Å²) in [7, 11) is 0. The van der Waals surface area contributed by atoms with Gasteiger partial charge in [0.25, 0.3) is 6.33 Å². The molecule has 0 saturated carbocycles. The van der Waals surface area contributed by atoms with Gasteiger partial charge in [-0.1, -0.05) is 76.2 Å². The van der Waals surface area contributed by atoms with Crippen molar-refractivity contribution in [2.45, 2.75) is 46.1 Å². The van der Waals surface area contributed by atoms with Gasteiger partial charge in [0.1, 0.15) is 24.7 Å². The standard InChI is InChI=1S/C23H27N2O2/c1-17(2)20-11-8-12-21(18(3)4)22(20)27-23(26)25-14-13-24(16-25)15-19-9-6-5-7-10-19/h5-14,16-18H,15H2,1-4H3/q+1. The molecule has 0 aliphatic heterocycles. The number of aromatic nitrogens is 2. The molecule has 0 atom stereocenters. The summed E-state index contributed by atoms with van der Waals surface area (Å²) >= 11 is 0. The summed E-state index contributed by atoms with van der Waals surface area (Å²) in [5, 5.41) is 0. The van der Waals surface area contributed by atoms with Crippen molar-refractivity contribution in [2.75, 3.05) is 0 Å². The van der Waals surface area contributed by atoms with Crippen molar-refractivity contribution >= 4 is 6.09 Å². The van der Waals surface area contributed by atoms with Gasteiger partial charge in [0.2, 0.25) is 0 Å². The van der Waals surface area contributed by atoms with Gasteiger partial charge in [-0.05, 0) is 28.5 Å². The third-order valence-electron chi connectivity index (χ3n) is 4.62. The van der Waals surface area contributed by atoms with Crippen molar-refractivity contribution in [3.8, 4) is 5.75 Å². The van der Waals surface area contributed by atoms with Crippen LogP contribution in [0, 0.1) is 0 Å². The number of hydrogen-bond acceptors (Lipinski definition) is 2. The Labute approximate surface area is 161 Å². The average molecular weight is 363 g/mol. The van der Waals surface area contributed by atoms with Gasteiger partial charge >= 0.3 is 6.09 Å². The molecule has 0 radical (unpaired) electrons. The first-order chi connectivity index (χ1) is 13.0. The summed E-state index contributed by atoms with van der Waals surface area (Å²) in [6, 6.07) is 16.2. The SMILES string of the molecule is CC(C)c1cccc(C(C)C)c1OC(=O)n1cc[n+](Cc2ccccc2)c1. The molecule has 4 heteroatoms. The molecule has 3 aromatic rings. The minimum atomic E-state index is -0.392. The van der Waals surface area contributed by atoms with E-state index < -0.39 is 6.09 Å². The number of nitrogens with zero attached hydrogens (tertiary/aromatic N) is 2. The lowest BCUT2D eigenvalue weighted by atomic mass is 9.94. The Bertz CT molecular complexity index is 885. The molecule has 140 valence electrons. The number of rotatable bonds is 5. The minimum Gasteiger partial charge on any atom is -0.391 e. The zero-order chi connectivity index (χ0) is 19.4. The van der Waals surface area contributed by atoms with Crippen molar-refractivity contribution in [1.82, 2.24) is 4.57 Å². The van der Waals surface area contributed by atoms with Crippen LogP contribution in [0.4, 0.5) is 4.79 Å². The third-order valence-corrected chi connectivity index (χ3v) is 4.62. The smallest absolute Gasteiger partial charge is 0.391 e. The zero-order valence-corrected chi connectivity index (χ0v) is 16.4. The Morgan fingerprint density at radius 1 is 0.963 bits per heavy atom. The Hall–Kier alpha value is -2.88. The van der Waals surface area contributed by atoms with Crippen LogP contribution >= 0.6 is 0 Å². The molecule has 0 unspecified atom stereocenters. The van der Waals surface area contributed by atoms with E-state index in [2.05, 4.69) is 39.8 Å². The van der Waals surface area contributed by atoms with Crippen LogP contribution < -0.4 is 9.30 Å². The van der Waals surface area contributed by atoms with Crippen LogP contribution in [0.2, 0.25) is 0 Å². The molecule has 0 aliphatic carbocycles. The highest BCUT2D eigenvalue weighted by Gasteiger charge is 2.22. The van der Waals surface area contributed by atoms with Crippen LogP contribution in [0.15, 0.2) is 67.3 Å². The largest absolute Gasteiger partial charge is 0.517 e. The van der Waals surface area contributed by atoms with Crippen LogP contribution in [0.1, 0.15) is 56.2 Å². The quantitative estimate of drug-likeness (QED) is 0.590. The number of benzene rings is 2. The molecule has 0 aliphatic rings. The van der Waals surface area contributed by atoms with Crippen LogP contribution in [0.3, 0.4) is 0 Å². The molecule has 0 fully saturated rings. The van der Waals surface area contributed by atoms with Gasteiger partial charge in [0.15, 0.2) is 0 Å². The van der Waals surface area contributed by atoms with Crippen molar-refractivity contribution in [3.63, 3.8) is 0 Å². The van der Waals surface area contributed by atoms with Crippen LogP contribution in [-0.4, -0.2) is 10.7 Å². The highest BCUT2D eigenvalue weighted by Crippen LogP contribution is 2.34. The number of hydrogen-bond donors (Lipinski definition) is 0. The molecule has 3 rings (SSSR count). The summed E-state index contributed by atoms with van der Waals surface area (Å²) in [4.78, 5) is 12.8. The van der Waals surface area contributed by atoms with Gasteiger partial charge in [-0.2, -0.15) is 4.79 Å². The van der Waals surface area contributed by atoms with E-state index in [0.717, 1.165) is 11.1 Å². The second kappa shape index (κ2) is 8.21. The van der Waals surface area contributed by atoms with E-state index in [1.54, 1.807) is 12.5 Å². The molecule has 27 heavy (non-hydrogen) atoms. The van der Waals surface area contributed by atoms with E-state index in [1.807, 2.05) is 47.2 Å². The minimum absolute atomic E-state index is 0.277. The fraction of sp³-hybridized carbons (Fsp3) is 0.304. The molecule has 0 saturated heterocycles. The first-order valence-electron chi connectivity index (χ1n) is 9.41. The lowest BCUT2D eigenvalue weighted by molar-refractivity contribution is -0.687. The summed E-state index contributed by atoms with van der Waals surface area (Å²) in [6.45, 7) is 9.15. The normalized spacial score (nSPS) is 11.2. The third kappa shape index (κ3) is 4.45. The number of ether oxygens (including phenoxy) is 1. The summed E-state index contributed by atoms with van der Waals surface area (Å²) in [6.07, 6.45) is 4.99. The fourth-order valence-electron chi connectivity index (χ4n) is 3.13. The first kappa shape index (κ1) is 18.9. The predicted molar refractivity (Wildman–Crippen MR) is 106 cm³/mol. The molecule has 0 bridgehead atoms. The van der Waals surface area contributed by atoms with Crippen LogP contribution in [0.25, 0.3) is 0 Å². The second-order valence-electron chi connectivity index (χ2n) is 7.42. The van der Waals surface area contributed by atoms with E-state index in [9.17, 15) is 4.79 Å². The topological polar surface area (TPSA) is 35.1 Å². The molecule has 4 nitrogen and oxygen atoms in total. The Balaban J connectivity index is 1.82. The molecule has 0 amide bonds. The van der Waals surface area contributed by atoms with Crippen LogP contribution in [0.5, 0.6) is 5.75 Å². The average Bonchev–Trinajstić information content (AvgIpc) is 3.11. The van der Waals surface area contributed by atoms with E-state index in [-0.39, 0.29) is 11.8 Å². The highest BCUT2D eigenvalue weighted by molar-refractivity contribution is 5.74. The predicted octanol–water partition coefficient (Wildman–Crippen LogP) is 5.12. The van der Waals surface area contributed by atoms with Crippen molar-refractivity contribution in [2.24, 2.45) is 0 Å². The maximum Gasteiger partial charge on any atom is 0.517 e.